The van der Waals surface area contributed by atoms with Gasteiger partial charge in [0.2, 0.25) is 5.91 Å². The van der Waals surface area contributed by atoms with Gasteiger partial charge in [0.15, 0.2) is 0 Å². The van der Waals surface area contributed by atoms with Gasteiger partial charge in [-0.15, -0.1) is 0 Å². The van der Waals surface area contributed by atoms with E-state index in [1.165, 1.54) is 0 Å². The Hall–Kier alpha value is -1.91. The average Bonchev–Trinajstić information content (AvgIpc) is 2.50. The second-order valence-electron chi connectivity index (χ2n) is 4.87. The molecule has 5 heteroatoms. The number of ether oxygens (including phenoxy) is 1. The summed E-state index contributed by atoms with van der Waals surface area (Å²) < 4.78 is 5.18. The molecule has 0 bridgehead atoms. The van der Waals surface area contributed by atoms with Crippen molar-refractivity contribution in [3.63, 3.8) is 0 Å². The number of hydrogen-bond donors (Lipinski definition) is 0. The van der Waals surface area contributed by atoms with E-state index in [1.54, 1.807) is 39.1 Å². The van der Waals surface area contributed by atoms with E-state index < -0.39 is 11.7 Å². The lowest BCUT2D eigenvalue weighted by atomic mass is 10.2. The van der Waals surface area contributed by atoms with Gasteiger partial charge >= 0.3 is 6.09 Å². The third-order valence-electron chi connectivity index (χ3n) is 2.25. The van der Waals surface area contributed by atoms with Crippen LogP contribution in [0.3, 0.4) is 0 Å². The zero-order valence-corrected chi connectivity index (χ0v) is 10.1. The van der Waals surface area contributed by atoms with Gasteiger partial charge in [0, 0.05) is 11.8 Å². The largest absolute Gasteiger partial charge is 0.443 e. The number of fused-ring (bicyclic) bond motifs is 1. The number of nitrogens with zero attached hydrogens (tertiary/aromatic N) is 2. The second-order valence-corrected chi connectivity index (χ2v) is 4.87. The topological polar surface area (TPSA) is 59.5 Å². The maximum atomic E-state index is 11.9. The van der Waals surface area contributed by atoms with E-state index in [-0.39, 0.29) is 12.3 Å². The number of rotatable bonds is 0. The Bertz CT molecular complexity index is 477. The van der Waals surface area contributed by atoms with Crippen molar-refractivity contribution in [2.45, 2.75) is 32.8 Å². The Balaban J connectivity index is 2.28. The van der Waals surface area contributed by atoms with Crippen LogP contribution in [-0.2, 0) is 16.0 Å². The van der Waals surface area contributed by atoms with Crippen LogP contribution in [0.2, 0.25) is 0 Å². The lowest BCUT2D eigenvalue weighted by Crippen LogP contribution is -2.39. The lowest BCUT2D eigenvalue weighted by Gasteiger charge is -2.23. The molecule has 0 saturated carbocycles. The fourth-order valence-electron chi connectivity index (χ4n) is 1.63. The van der Waals surface area contributed by atoms with E-state index in [1.807, 2.05) is 0 Å². The molecule has 0 saturated heterocycles. The molecule has 5 nitrogen and oxygen atoms in total. The smallest absolute Gasteiger partial charge is 0.423 e. The van der Waals surface area contributed by atoms with Crippen molar-refractivity contribution in [2.75, 3.05) is 4.90 Å². The molecule has 0 aliphatic carbocycles. The summed E-state index contributed by atoms with van der Waals surface area (Å²) in [4.78, 5) is 28.7. The summed E-state index contributed by atoms with van der Waals surface area (Å²) >= 11 is 0. The number of aromatic nitrogens is 1. The molecule has 0 spiro atoms. The van der Waals surface area contributed by atoms with Gasteiger partial charge in [-0.3, -0.25) is 4.79 Å². The molecule has 2 heterocycles. The Morgan fingerprint density at radius 3 is 2.82 bits per heavy atom. The second kappa shape index (κ2) is 3.84. The molecule has 0 atom stereocenters. The van der Waals surface area contributed by atoms with Gasteiger partial charge in [0.25, 0.3) is 0 Å². The van der Waals surface area contributed by atoms with E-state index in [4.69, 9.17) is 4.74 Å². The summed E-state index contributed by atoms with van der Waals surface area (Å²) in [5, 5.41) is 0. The number of anilines is 1. The number of pyridine rings is 1. The van der Waals surface area contributed by atoms with Gasteiger partial charge in [0.05, 0.1) is 6.42 Å². The Morgan fingerprint density at radius 2 is 2.18 bits per heavy atom. The van der Waals surface area contributed by atoms with Gasteiger partial charge in [0.1, 0.15) is 11.4 Å². The van der Waals surface area contributed by atoms with E-state index in [0.29, 0.717) is 5.82 Å². The molecule has 0 aromatic carbocycles. The number of carbonyl (C=O) groups is 2. The molecule has 2 rings (SSSR count). The Morgan fingerprint density at radius 1 is 1.47 bits per heavy atom. The van der Waals surface area contributed by atoms with E-state index in [2.05, 4.69) is 4.98 Å². The van der Waals surface area contributed by atoms with Crippen molar-refractivity contribution < 1.29 is 14.3 Å². The van der Waals surface area contributed by atoms with Crippen molar-refractivity contribution >= 4 is 17.8 Å². The summed E-state index contributed by atoms with van der Waals surface area (Å²) in [6.45, 7) is 5.26. The van der Waals surface area contributed by atoms with Gasteiger partial charge in [-0.1, -0.05) is 6.07 Å². The van der Waals surface area contributed by atoms with Crippen LogP contribution >= 0.6 is 0 Å². The average molecular weight is 234 g/mol. The molecule has 0 unspecified atom stereocenters. The predicted octanol–water partition coefficient (Wildman–Crippen LogP) is 1.91. The zero-order valence-electron chi connectivity index (χ0n) is 10.1. The van der Waals surface area contributed by atoms with Crippen molar-refractivity contribution in [3.05, 3.63) is 23.9 Å². The maximum absolute atomic E-state index is 11.9. The maximum Gasteiger partial charge on any atom is 0.423 e. The van der Waals surface area contributed by atoms with Crippen LogP contribution in [-0.4, -0.2) is 22.6 Å². The molecule has 1 aliphatic heterocycles. The van der Waals surface area contributed by atoms with Gasteiger partial charge in [-0.25, -0.2) is 9.78 Å². The zero-order chi connectivity index (χ0) is 12.6. The predicted molar refractivity (Wildman–Crippen MR) is 61.7 cm³/mol. The normalized spacial score (nSPS) is 14.8. The third-order valence-corrected chi connectivity index (χ3v) is 2.25. The molecule has 2 amide bonds. The first-order valence-corrected chi connectivity index (χ1v) is 5.38. The van der Waals surface area contributed by atoms with E-state index in [9.17, 15) is 9.59 Å². The van der Waals surface area contributed by atoms with Gasteiger partial charge < -0.3 is 4.74 Å². The third kappa shape index (κ3) is 2.27. The van der Waals surface area contributed by atoms with Crippen LogP contribution in [0.15, 0.2) is 18.3 Å². The van der Waals surface area contributed by atoms with Crippen LogP contribution in [0.1, 0.15) is 26.3 Å². The molecule has 1 aliphatic rings. The molecule has 90 valence electrons. The highest BCUT2D eigenvalue weighted by Gasteiger charge is 2.36. The highest BCUT2D eigenvalue weighted by atomic mass is 16.6. The quantitative estimate of drug-likeness (QED) is 0.688. The van der Waals surface area contributed by atoms with Crippen LogP contribution < -0.4 is 4.90 Å². The molecule has 1 aromatic rings. The fraction of sp³-hybridized carbons (Fsp3) is 0.417. The van der Waals surface area contributed by atoms with Crippen molar-refractivity contribution in [1.29, 1.82) is 0 Å². The van der Waals surface area contributed by atoms with Gasteiger partial charge in [-0.05, 0) is 26.8 Å². The summed E-state index contributed by atoms with van der Waals surface area (Å²) in [5.41, 5.74) is 0.123. The number of amides is 2. The van der Waals surface area contributed by atoms with E-state index in [0.717, 1.165) is 10.5 Å². The minimum Gasteiger partial charge on any atom is -0.443 e. The van der Waals surface area contributed by atoms with Crippen LogP contribution in [0.5, 0.6) is 0 Å². The first-order valence-electron chi connectivity index (χ1n) is 5.38. The molecule has 0 N–H and O–H groups in total. The number of imide groups is 1. The highest BCUT2D eigenvalue weighted by Crippen LogP contribution is 2.27. The first kappa shape index (κ1) is 11.6. The van der Waals surface area contributed by atoms with Crippen molar-refractivity contribution in [1.82, 2.24) is 4.98 Å². The standard InChI is InChI=1S/C12H14N2O3/c1-12(2,3)17-11(16)14-9(15)7-8-5-4-6-13-10(8)14/h4-6H,7H2,1-3H3. The van der Waals surface area contributed by atoms with E-state index >= 15 is 0 Å². The number of carbonyl (C=O) groups excluding carboxylic acids is 2. The molecule has 0 radical (unpaired) electrons. The minimum absolute atomic E-state index is 0.197. The molecule has 0 fully saturated rings. The summed E-state index contributed by atoms with van der Waals surface area (Å²) in [7, 11) is 0. The molecular formula is C12H14N2O3. The lowest BCUT2D eigenvalue weighted by molar-refractivity contribution is -0.117. The van der Waals surface area contributed by atoms with Crippen LogP contribution in [0.25, 0.3) is 0 Å². The SMILES string of the molecule is CC(C)(C)OC(=O)N1C(=O)Cc2cccnc21. The Labute approximate surface area is 99.4 Å². The van der Waals surface area contributed by atoms with Crippen LogP contribution in [0, 0.1) is 0 Å². The Kier molecular flexibility index (Phi) is 2.61. The van der Waals surface area contributed by atoms with Crippen molar-refractivity contribution in [2.24, 2.45) is 0 Å². The fourth-order valence-corrected chi connectivity index (χ4v) is 1.63. The van der Waals surface area contributed by atoms with Gasteiger partial charge in [-0.2, -0.15) is 4.90 Å². The summed E-state index contributed by atoms with van der Waals surface area (Å²) in [6, 6.07) is 3.52. The molecule has 17 heavy (non-hydrogen) atoms. The highest BCUT2D eigenvalue weighted by molar-refractivity contribution is 6.16. The molecule has 1 aromatic heterocycles. The number of hydrogen-bond acceptors (Lipinski definition) is 4. The van der Waals surface area contributed by atoms with Crippen LogP contribution in [0.4, 0.5) is 10.6 Å². The monoisotopic (exact) mass is 234 g/mol. The minimum atomic E-state index is -0.667. The van der Waals surface area contributed by atoms with Crippen molar-refractivity contribution in [3.8, 4) is 0 Å². The molecular weight excluding hydrogens is 220 g/mol. The first-order chi connectivity index (χ1) is 7.88. The summed E-state index contributed by atoms with van der Waals surface area (Å²) in [6.07, 6.45) is 1.08. The summed E-state index contributed by atoms with van der Waals surface area (Å²) in [5.74, 6) is 0.0831.